The SMILES string of the molecule is C=C(C)CNc1cc(O)ccc1NC(=O)c1ccccc1OC. The summed E-state index contributed by atoms with van der Waals surface area (Å²) in [5, 5.41) is 15.6. The largest absolute Gasteiger partial charge is 0.508 e. The lowest BCUT2D eigenvalue weighted by molar-refractivity contribution is 0.102. The first-order chi connectivity index (χ1) is 11.0. The lowest BCUT2D eigenvalue weighted by Gasteiger charge is -2.14. The van der Waals surface area contributed by atoms with Gasteiger partial charge in [-0.2, -0.15) is 0 Å². The highest BCUT2D eigenvalue weighted by molar-refractivity contribution is 6.07. The number of anilines is 2. The van der Waals surface area contributed by atoms with Crippen LogP contribution in [-0.4, -0.2) is 24.7 Å². The van der Waals surface area contributed by atoms with Crippen LogP contribution in [0.4, 0.5) is 11.4 Å². The first kappa shape index (κ1) is 16.4. The third-order valence-corrected chi connectivity index (χ3v) is 3.18. The van der Waals surface area contributed by atoms with Gasteiger partial charge in [-0.1, -0.05) is 24.3 Å². The van der Waals surface area contributed by atoms with Crippen LogP contribution in [0.1, 0.15) is 17.3 Å². The van der Waals surface area contributed by atoms with Gasteiger partial charge in [0.2, 0.25) is 0 Å². The first-order valence-corrected chi connectivity index (χ1v) is 7.17. The Hall–Kier alpha value is -2.95. The van der Waals surface area contributed by atoms with E-state index in [2.05, 4.69) is 17.2 Å². The molecule has 0 saturated carbocycles. The molecule has 2 aromatic carbocycles. The van der Waals surface area contributed by atoms with Crippen LogP contribution >= 0.6 is 0 Å². The number of carbonyl (C=O) groups is 1. The smallest absolute Gasteiger partial charge is 0.259 e. The standard InChI is InChI=1S/C18H20N2O3/c1-12(2)11-19-16-10-13(21)8-9-15(16)20-18(22)14-6-4-5-7-17(14)23-3/h4-10,19,21H,1,11H2,2-3H3,(H,20,22). The number of ether oxygens (including phenoxy) is 1. The molecular weight excluding hydrogens is 292 g/mol. The maximum absolute atomic E-state index is 12.5. The third-order valence-electron chi connectivity index (χ3n) is 3.18. The normalized spacial score (nSPS) is 10.0. The second-order valence-electron chi connectivity index (χ2n) is 5.19. The van der Waals surface area contributed by atoms with Gasteiger partial charge in [0.15, 0.2) is 0 Å². The predicted molar refractivity (Wildman–Crippen MR) is 92.4 cm³/mol. The van der Waals surface area contributed by atoms with Crippen LogP contribution in [0.3, 0.4) is 0 Å². The minimum absolute atomic E-state index is 0.115. The summed E-state index contributed by atoms with van der Waals surface area (Å²) in [6.45, 7) is 6.26. The molecular formula is C18H20N2O3. The summed E-state index contributed by atoms with van der Waals surface area (Å²) in [6.07, 6.45) is 0. The summed E-state index contributed by atoms with van der Waals surface area (Å²) in [7, 11) is 1.52. The van der Waals surface area contributed by atoms with Crippen molar-refractivity contribution in [2.45, 2.75) is 6.92 Å². The molecule has 120 valence electrons. The molecule has 0 unspecified atom stereocenters. The summed E-state index contributed by atoms with van der Waals surface area (Å²) < 4.78 is 5.20. The Morgan fingerprint density at radius 1 is 1.22 bits per heavy atom. The van der Waals surface area contributed by atoms with E-state index in [0.29, 0.717) is 29.2 Å². The number of para-hydroxylation sites is 1. The Labute approximate surface area is 135 Å². The van der Waals surface area contributed by atoms with Gasteiger partial charge in [-0.05, 0) is 31.2 Å². The van der Waals surface area contributed by atoms with E-state index in [9.17, 15) is 9.90 Å². The van der Waals surface area contributed by atoms with Crippen molar-refractivity contribution in [1.29, 1.82) is 0 Å². The summed E-state index contributed by atoms with van der Waals surface area (Å²) >= 11 is 0. The van der Waals surface area contributed by atoms with Gasteiger partial charge in [-0.25, -0.2) is 0 Å². The Morgan fingerprint density at radius 3 is 2.65 bits per heavy atom. The number of phenols is 1. The molecule has 0 aliphatic rings. The molecule has 0 bridgehead atoms. The predicted octanol–water partition coefficient (Wildman–Crippen LogP) is 3.64. The highest BCUT2D eigenvalue weighted by atomic mass is 16.5. The van der Waals surface area contributed by atoms with Gasteiger partial charge in [0.05, 0.1) is 24.0 Å². The number of rotatable bonds is 6. The molecule has 23 heavy (non-hydrogen) atoms. The molecule has 2 aromatic rings. The van der Waals surface area contributed by atoms with E-state index >= 15 is 0 Å². The van der Waals surface area contributed by atoms with E-state index in [1.807, 2.05) is 6.92 Å². The Morgan fingerprint density at radius 2 is 1.96 bits per heavy atom. The number of benzene rings is 2. The lowest BCUT2D eigenvalue weighted by Crippen LogP contribution is -2.15. The van der Waals surface area contributed by atoms with E-state index in [4.69, 9.17) is 4.74 Å². The molecule has 0 spiro atoms. The number of hydrogen-bond acceptors (Lipinski definition) is 4. The van der Waals surface area contributed by atoms with Gasteiger partial charge < -0.3 is 20.5 Å². The fraction of sp³-hybridized carbons (Fsp3) is 0.167. The van der Waals surface area contributed by atoms with E-state index in [1.54, 1.807) is 36.4 Å². The van der Waals surface area contributed by atoms with Crippen LogP contribution in [0, 0.1) is 0 Å². The van der Waals surface area contributed by atoms with Gasteiger partial charge >= 0.3 is 0 Å². The average molecular weight is 312 g/mol. The van der Waals surface area contributed by atoms with Crippen molar-refractivity contribution < 1.29 is 14.6 Å². The molecule has 0 aliphatic heterocycles. The molecule has 5 nitrogen and oxygen atoms in total. The van der Waals surface area contributed by atoms with Gasteiger partial charge in [0, 0.05) is 12.6 Å². The molecule has 0 heterocycles. The molecule has 0 aromatic heterocycles. The Kier molecular flexibility index (Phi) is 5.25. The highest BCUT2D eigenvalue weighted by Gasteiger charge is 2.13. The second-order valence-corrected chi connectivity index (χ2v) is 5.19. The second kappa shape index (κ2) is 7.35. The van der Waals surface area contributed by atoms with E-state index < -0.39 is 0 Å². The molecule has 0 saturated heterocycles. The van der Waals surface area contributed by atoms with Crippen molar-refractivity contribution in [2.75, 3.05) is 24.3 Å². The van der Waals surface area contributed by atoms with Crippen molar-refractivity contribution >= 4 is 17.3 Å². The minimum Gasteiger partial charge on any atom is -0.508 e. The number of amides is 1. The number of phenolic OH excluding ortho intramolecular Hbond substituents is 1. The van der Waals surface area contributed by atoms with Crippen molar-refractivity contribution in [1.82, 2.24) is 0 Å². The topological polar surface area (TPSA) is 70.6 Å². The quantitative estimate of drug-likeness (QED) is 0.562. The fourth-order valence-electron chi connectivity index (χ4n) is 2.06. The van der Waals surface area contributed by atoms with Crippen LogP contribution in [0.25, 0.3) is 0 Å². The number of aromatic hydroxyl groups is 1. The van der Waals surface area contributed by atoms with Crippen molar-refractivity contribution in [3.63, 3.8) is 0 Å². The average Bonchev–Trinajstić information content (AvgIpc) is 2.54. The monoisotopic (exact) mass is 312 g/mol. The molecule has 0 fully saturated rings. The third kappa shape index (κ3) is 4.26. The highest BCUT2D eigenvalue weighted by Crippen LogP contribution is 2.28. The summed E-state index contributed by atoms with van der Waals surface area (Å²) in [6, 6.07) is 11.7. The molecule has 2 rings (SSSR count). The zero-order chi connectivity index (χ0) is 16.8. The minimum atomic E-state index is -0.286. The van der Waals surface area contributed by atoms with Crippen LogP contribution < -0.4 is 15.4 Å². The van der Waals surface area contributed by atoms with Crippen molar-refractivity contribution in [3.8, 4) is 11.5 Å². The summed E-state index contributed by atoms with van der Waals surface area (Å²) in [4.78, 5) is 12.5. The molecule has 0 aliphatic carbocycles. The van der Waals surface area contributed by atoms with Crippen LogP contribution in [-0.2, 0) is 0 Å². The lowest BCUT2D eigenvalue weighted by atomic mass is 10.1. The first-order valence-electron chi connectivity index (χ1n) is 7.17. The number of hydrogen-bond donors (Lipinski definition) is 3. The molecule has 0 atom stereocenters. The number of methoxy groups -OCH3 is 1. The fourth-order valence-corrected chi connectivity index (χ4v) is 2.06. The zero-order valence-electron chi connectivity index (χ0n) is 13.2. The van der Waals surface area contributed by atoms with Gasteiger partial charge in [0.1, 0.15) is 11.5 Å². The van der Waals surface area contributed by atoms with E-state index in [0.717, 1.165) is 5.57 Å². The maximum Gasteiger partial charge on any atom is 0.259 e. The van der Waals surface area contributed by atoms with E-state index in [1.165, 1.54) is 13.2 Å². The van der Waals surface area contributed by atoms with E-state index in [-0.39, 0.29) is 11.7 Å². The van der Waals surface area contributed by atoms with Crippen molar-refractivity contribution in [3.05, 3.63) is 60.2 Å². The van der Waals surface area contributed by atoms with Crippen molar-refractivity contribution in [2.24, 2.45) is 0 Å². The summed E-state index contributed by atoms with van der Waals surface area (Å²) in [5.74, 6) is 0.330. The van der Waals surface area contributed by atoms with Gasteiger partial charge in [0.25, 0.3) is 5.91 Å². The molecule has 1 amide bonds. The van der Waals surface area contributed by atoms with Crippen LogP contribution in [0.2, 0.25) is 0 Å². The van der Waals surface area contributed by atoms with Gasteiger partial charge in [-0.3, -0.25) is 4.79 Å². The number of carbonyl (C=O) groups excluding carboxylic acids is 1. The Balaban J connectivity index is 2.25. The molecule has 3 N–H and O–H groups in total. The molecule has 0 radical (unpaired) electrons. The maximum atomic E-state index is 12.5. The van der Waals surface area contributed by atoms with Gasteiger partial charge in [-0.15, -0.1) is 0 Å². The van der Waals surface area contributed by atoms with Crippen LogP contribution in [0.5, 0.6) is 11.5 Å². The Bertz CT molecular complexity index is 726. The molecule has 5 heteroatoms. The number of nitrogens with one attached hydrogen (secondary N) is 2. The zero-order valence-corrected chi connectivity index (χ0v) is 13.2. The summed E-state index contributed by atoms with van der Waals surface area (Å²) in [5.41, 5.74) is 2.57. The van der Waals surface area contributed by atoms with Crippen LogP contribution in [0.15, 0.2) is 54.6 Å².